The largest absolute Gasteiger partial charge is 0.405 e. The van der Waals surface area contributed by atoms with Gasteiger partial charge in [0.1, 0.15) is 12.4 Å². The van der Waals surface area contributed by atoms with Crippen LogP contribution in [-0.2, 0) is 17.6 Å². The number of nitrogens with zero attached hydrogens (tertiary/aromatic N) is 4. The quantitative estimate of drug-likeness (QED) is 0.847. The van der Waals surface area contributed by atoms with Crippen molar-refractivity contribution < 1.29 is 18.0 Å². The Kier molecular flexibility index (Phi) is 5.38. The van der Waals surface area contributed by atoms with Gasteiger partial charge in [0, 0.05) is 42.3 Å². The molecule has 4 rings (SSSR count). The van der Waals surface area contributed by atoms with Gasteiger partial charge in [0.25, 0.3) is 0 Å². The Labute approximate surface area is 166 Å². The normalized spacial score (nSPS) is 19.1. The molecule has 1 unspecified atom stereocenters. The van der Waals surface area contributed by atoms with Crippen LogP contribution >= 0.6 is 0 Å². The molecular weight excluding hydrogens is 383 g/mol. The van der Waals surface area contributed by atoms with Crippen molar-refractivity contribution >= 4 is 11.7 Å². The summed E-state index contributed by atoms with van der Waals surface area (Å²) < 4.78 is 37.3. The Morgan fingerprint density at radius 3 is 2.72 bits per heavy atom. The lowest BCUT2D eigenvalue weighted by atomic mass is 9.96. The standard InChI is InChI=1S/C20H22F3N5O/c21-20(22,23)12-25-19(29)14-3-2-10-28(11-14)18-15-4-1-5-16(15)26-17(27-18)13-6-8-24-9-7-13/h6-9,14H,1-5,10-12H2,(H,25,29). The van der Waals surface area contributed by atoms with Gasteiger partial charge in [-0.2, -0.15) is 13.2 Å². The first kappa shape index (κ1) is 19.6. The number of hydrogen-bond donors (Lipinski definition) is 1. The smallest absolute Gasteiger partial charge is 0.355 e. The summed E-state index contributed by atoms with van der Waals surface area (Å²) in [5, 5.41) is 2.02. The van der Waals surface area contributed by atoms with Gasteiger partial charge >= 0.3 is 6.18 Å². The van der Waals surface area contributed by atoms with E-state index in [1.54, 1.807) is 12.4 Å². The minimum atomic E-state index is -4.41. The first-order valence-electron chi connectivity index (χ1n) is 9.80. The monoisotopic (exact) mass is 405 g/mol. The second-order valence-corrected chi connectivity index (χ2v) is 7.50. The minimum Gasteiger partial charge on any atom is -0.355 e. The van der Waals surface area contributed by atoms with E-state index < -0.39 is 24.5 Å². The van der Waals surface area contributed by atoms with Crippen molar-refractivity contribution in [3.8, 4) is 11.4 Å². The molecule has 9 heteroatoms. The second kappa shape index (κ2) is 7.96. The Morgan fingerprint density at radius 1 is 1.17 bits per heavy atom. The number of hydrogen-bond acceptors (Lipinski definition) is 5. The molecule has 2 aliphatic rings. The van der Waals surface area contributed by atoms with Crippen molar-refractivity contribution in [2.75, 3.05) is 24.5 Å². The molecule has 1 N–H and O–H groups in total. The highest BCUT2D eigenvalue weighted by molar-refractivity contribution is 5.79. The third kappa shape index (κ3) is 4.49. The van der Waals surface area contributed by atoms with E-state index in [1.807, 2.05) is 22.3 Å². The maximum atomic E-state index is 12.4. The van der Waals surface area contributed by atoms with Crippen molar-refractivity contribution in [3.63, 3.8) is 0 Å². The number of aryl methyl sites for hydroxylation is 1. The Hall–Kier alpha value is -2.71. The molecule has 1 atom stereocenters. The van der Waals surface area contributed by atoms with Gasteiger partial charge in [-0.1, -0.05) is 0 Å². The lowest BCUT2D eigenvalue weighted by molar-refractivity contribution is -0.140. The maximum absolute atomic E-state index is 12.4. The molecule has 1 fully saturated rings. The molecule has 0 radical (unpaired) electrons. The molecular formula is C20H22F3N5O. The fourth-order valence-corrected chi connectivity index (χ4v) is 4.02. The van der Waals surface area contributed by atoms with Crippen molar-refractivity contribution in [1.82, 2.24) is 20.3 Å². The van der Waals surface area contributed by atoms with Crippen LogP contribution in [-0.4, -0.2) is 46.7 Å². The van der Waals surface area contributed by atoms with Gasteiger partial charge in [-0.3, -0.25) is 9.78 Å². The van der Waals surface area contributed by atoms with Crippen LogP contribution in [0.15, 0.2) is 24.5 Å². The summed E-state index contributed by atoms with van der Waals surface area (Å²) in [5.74, 6) is 0.397. The van der Waals surface area contributed by atoms with E-state index in [4.69, 9.17) is 9.97 Å². The highest BCUT2D eigenvalue weighted by Crippen LogP contribution is 2.33. The number of nitrogens with one attached hydrogen (secondary N) is 1. The van der Waals surface area contributed by atoms with Crippen LogP contribution in [0.2, 0.25) is 0 Å². The molecule has 0 bridgehead atoms. The fourth-order valence-electron chi connectivity index (χ4n) is 4.02. The molecule has 1 amide bonds. The van der Waals surface area contributed by atoms with Crippen LogP contribution in [0.4, 0.5) is 19.0 Å². The van der Waals surface area contributed by atoms with Crippen molar-refractivity contribution in [2.45, 2.75) is 38.3 Å². The van der Waals surface area contributed by atoms with Crippen molar-refractivity contribution in [2.24, 2.45) is 5.92 Å². The van der Waals surface area contributed by atoms with E-state index in [0.29, 0.717) is 18.8 Å². The lowest BCUT2D eigenvalue weighted by Gasteiger charge is -2.34. The predicted octanol–water partition coefficient (Wildman–Crippen LogP) is 2.92. The maximum Gasteiger partial charge on any atom is 0.405 e. The van der Waals surface area contributed by atoms with Crippen LogP contribution in [0.5, 0.6) is 0 Å². The lowest BCUT2D eigenvalue weighted by Crippen LogP contribution is -2.45. The number of aromatic nitrogens is 3. The number of halogens is 3. The molecule has 6 nitrogen and oxygen atoms in total. The molecule has 3 heterocycles. The van der Waals surface area contributed by atoms with Gasteiger partial charge in [-0.05, 0) is 44.2 Å². The number of carbonyl (C=O) groups is 1. The minimum absolute atomic E-state index is 0.364. The third-order valence-corrected chi connectivity index (χ3v) is 5.40. The third-order valence-electron chi connectivity index (χ3n) is 5.40. The van der Waals surface area contributed by atoms with Gasteiger partial charge in [-0.25, -0.2) is 9.97 Å². The summed E-state index contributed by atoms with van der Waals surface area (Å²) in [5.41, 5.74) is 2.98. The number of carbonyl (C=O) groups excluding carboxylic acids is 1. The van der Waals surface area contributed by atoms with E-state index >= 15 is 0 Å². The highest BCUT2D eigenvalue weighted by atomic mass is 19.4. The van der Waals surface area contributed by atoms with Crippen LogP contribution in [0, 0.1) is 5.92 Å². The number of rotatable bonds is 4. The SMILES string of the molecule is O=C(NCC(F)(F)F)C1CCCN(c2nc(-c3ccncc3)nc3c2CCC3)C1. The molecule has 0 saturated carbocycles. The fraction of sp³-hybridized carbons (Fsp3) is 0.500. The first-order valence-corrected chi connectivity index (χ1v) is 9.80. The van der Waals surface area contributed by atoms with E-state index in [1.165, 1.54) is 0 Å². The average molecular weight is 405 g/mol. The van der Waals surface area contributed by atoms with Gasteiger partial charge in [0.2, 0.25) is 5.91 Å². The zero-order chi connectivity index (χ0) is 20.4. The molecule has 154 valence electrons. The summed E-state index contributed by atoms with van der Waals surface area (Å²) in [6.45, 7) is -0.206. The Bertz CT molecular complexity index is 888. The summed E-state index contributed by atoms with van der Waals surface area (Å²) >= 11 is 0. The number of anilines is 1. The van der Waals surface area contributed by atoms with E-state index in [9.17, 15) is 18.0 Å². The molecule has 2 aromatic heterocycles. The number of alkyl halides is 3. The second-order valence-electron chi connectivity index (χ2n) is 7.50. The summed E-state index contributed by atoms with van der Waals surface area (Å²) in [7, 11) is 0. The number of fused-ring (bicyclic) bond motifs is 1. The highest BCUT2D eigenvalue weighted by Gasteiger charge is 2.33. The molecule has 1 saturated heterocycles. The summed E-state index contributed by atoms with van der Waals surface area (Å²) in [6, 6.07) is 3.70. The van der Waals surface area contributed by atoms with E-state index in [0.717, 1.165) is 54.9 Å². The Balaban J connectivity index is 1.57. The molecule has 2 aromatic rings. The van der Waals surface area contributed by atoms with Gasteiger partial charge in [0.15, 0.2) is 5.82 Å². The van der Waals surface area contributed by atoms with Crippen LogP contribution in [0.25, 0.3) is 11.4 Å². The topological polar surface area (TPSA) is 71.0 Å². The van der Waals surface area contributed by atoms with Gasteiger partial charge in [0.05, 0.1) is 5.92 Å². The zero-order valence-electron chi connectivity index (χ0n) is 15.9. The number of pyridine rings is 1. The predicted molar refractivity (Wildman–Crippen MR) is 101 cm³/mol. The zero-order valence-corrected chi connectivity index (χ0v) is 15.9. The van der Waals surface area contributed by atoms with Gasteiger partial charge < -0.3 is 10.2 Å². The first-order chi connectivity index (χ1) is 13.9. The van der Waals surface area contributed by atoms with E-state index in [-0.39, 0.29) is 0 Å². The molecule has 29 heavy (non-hydrogen) atoms. The Morgan fingerprint density at radius 2 is 1.97 bits per heavy atom. The van der Waals surface area contributed by atoms with Crippen LogP contribution in [0.1, 0.15) is 30.5 Å². The van der Waals surface area contributed by atoms with E-state index in [2.05, 4.69) is 4.98 Å². The number of piperidine rings is 1. The average Bonchev–Trinajstić information content (AvgIpc) is 3.20. The molecule has 0 aromatic carbocycles. The molecule has 1 aliphatic carbocycles. The van der Waals surface area contributed by atoms with Crippen LogP contribution < -0.4 is 10.2 Å². The van der Waals surface area contributed by atoms with Gasteiger partial charge in [-0.15, -0.1) is 0 Å². The molecule has 0 spiro atoms. The van der Waals surface area contributed by atoms with Crippen molar-refractivity contribution in [3.05, 3.63) is 35.8 Å². The van der Waals surface area contributed by atoms with Crippen molar-refractivity contribution in [1.29, 1.82) is 0 Å². The molecule has 1 aliphatic heterocycles. The summed E-state index contributed by atoms with van der Waals surface area (Å²) in [4.78, 5) is 27.8. The summed E-state index contributed by atoms with van der Waals surface area (Å²) in [6.07, 6.45) is 3.03. The number of amides is 1. The van der Waals surface area contributed by atoms with Crippen LogP contribution in [0.3, 0.4) is 0 Å².